The number of carbonyl (C=O) groups is 3. The molecular formula is C18H16F3NO5. The van der Waals surface area contributed by atoms with Gasteiger partial charge in [0.1, 0.15) is 0 Å². The maximum absolute atomic E-state index is 13.0. The van der Waals surface area contributed by atoms with Crippen LogP contribution in [-0.2, 0) is 25.2 Å². The Balaban J connectivity index is 2.72. The van der Waals surface area contributed by atoms with Crippen molar-refractivity contribution in [1.82, 2.24) is 0 Å². The molecule has 1 aromatic carbocycles. The lowest BCUT2D eigenvalue weighted by atomic mass is 9.95. The molecule has 0 aliphatic carbocycles. The summed E-state index contributed by atoms with van der Waals surface area (Å²) in [4.78, 5) is 37.3. The summed E-state index contributed by atoms with van der Waals surface area (Å²) >= 11 is 0. The number of hydrogen-bond acceptors (Lipinski definition) is 5. The fraction of sp³-hybridized carbons (Fsp3) is 0.278. The lowest BCUT2D eigenvalue weighted by Crippen LogP contribution is -2.36. The van der Waals surface area contributed by atoms with Gasteiger partial charge in [0, 0.05) is 5.56 Å². The summed E-state index contributed by atoms with van der Waals surface area (Å²) in [5.74, 6) is -2.30. The molecule has 0 saturated heterocycles. The van der Waals surface area contributed by atoms with Gasteiger partial charge in [-0.1, -0.05) is 6.08 Å². The maximum atomic E-state index is 13.0. The van der Waals surface area contributed by atoms with E-state index in [2.05, 4.69) is 4.74 Å². The highest BCUT2D eigenvalue weighted by atomic mass is 19.4. The normalized spacial score (nSPS) is 15.1. The highest BCUT2D eigenvalue weighted by molar-refractivity contribution is 6.43. The lowest BCUT2D eigenvalue weighted by Gasteiger charge is -2.31. The van der Waals surface area contributed by atoms with Gasteiger partial charge in [0.15, 0.2) is 0 Å². The number of ketones is 1. The van der Waals surface area contributed by atoms with Gasteiger partial charge in [-0.15, -0.1) is 0 Å². The number of alkyl halides is 3. The van der Waals surface area contributed by atoms with E-state index in [1.807, 2.05) is 0 Å². The number of hydrogen-bond donors (Lipinski definition) is 0. The summed E-state index contributed by atoms with van der Waals surface area (Å²) in [7, 11) is 0.998. The summed E-state index contributed by atoms with van der Waals surface area (Å²) in [6.07, 6.45) is -3.01. The van der Waals surface area contributed by atoms with E-state index in [1.54, 1.807) is 6.92 Å². The van der Waals surface area contributed by atoms with E-state index in [0.29, 0.717) is 0 Å². The van der Waals surface area contributed by atoms with Gasteiger partial charge in [0.05, 0.1) is 36.2 Å². The molecule has 1 aliphatic heterocycles. The predicted octanol–water partition coefficient (Wildman–Crippen LogP) is 3.71. The molecule has 6 nitrogen and oxygen atoms in total. The molecule has 0 saturated carbocycles. The van der Waals surface area contributed by atoms with Crippen LogP contribution in [0.1, 0.15) is 25.0 Å². The summed E-state index contributed by atoms with van der Waals surface area (Å²) in [6.45, 7) is 3.07. The van der Waals surface area contributed by atoms with Gasteiger partial charge in [0.2, 0.25) is 0 Å². The van der Waals surface area contributed by atoms with E-state index in [-0.39, 0.29) is 29.1 Å². The SMILES string of the molecule is CC=C1C(C(=O)C(=O)OC)=Cc2cc(C(F)(F)F)ccc2N1C(=O)OCC. The molecule has 0 aromatic heterocycles. The molecule has 1 aliphatic rings. The van der Waals surface area contributed by atoms with E-state index >= 15 is 0 Å². The predicted molar refractivity (Wildman–Crippen MR) is 89.7 cm³/mol. The van der Waals surface area contributed by atoms with Crippen LogP contribution in [0.3, 0.4) is 0 Å². The first-order valence-electron chi connectivity index (χ1n) is 7.84. The van der Waals surface area contributed by atoms with Crippen LogP contribution in [0.5, 0.6) is 0 Å². The smallest absolute Gasteiger partial charge is 0.418 e. The fourth-order valence-corrected chi connectivity index (χ4v) is 2.58. The Morgan fingerprint density at radius 1 is 1.22 bits per heavy atom. The topological polar surface area (TPSA) is 72.9 Å². The van der Waals surface area contributed by atoms with Crippen LogP contribution in [0.15, 0.2) is 35.5 Å². The number of allylic oxidation sites excluding steroid dienone is 2. The van der Waals surface area contributed by atoms with Crippen LogP contribution in [-0.4, -0.2) is 31.6 Å². The van der Waals surface area contributed by atoms with Crippen LogP contribution < -0.4 is 4.90 Å². The van der Waals surface area contributed by atoms with Crippen molar-refractivity contribution >= 4 is 29.6 Å². The van der Waals surface area contributed by atoms with Crippen LogP contribution in [0.2, 0.25) is 0 Å². The number of amides is 1. The molecule has 0 spiro atoms. The van der Waals surface area contributed by atoms with E-state index in [4.69, 9.17) is 4.74 Å². The molecule has 0 atom stereocenters. The van der Waals surface area contributed by atoms with E-state index in [0.717, 1.165) is 36.3 Å². The first kappa shape index (κ1) is 20.2. The van der Waals surface area contributed by atoms with Crippen molar-refractivity contribution in [3.05, 3.63) is 46.7 Å². The largest absolute Gasteiger partial charge is 0.463 e. The number of anilines is 1. The molecule has 0 bridgehead atoms. The molecule has 144 valence electrons. The van der Waals surface area contributed by atoms with Crippen molar-refractivity contribution in [3.8, 4) is 0 Å². The second-order valence-corrected chi connectivity index (χ2v) is 5.36. The number of methoxy groups -OCH3 is 1. The molecule has 0 unspecified atom stereocenters. The molecule has 9 heteroatoms. The molecule has 1 aromatic rings. The third-order valence-corrected chi connectivity index (χ3v) is 3.75. The average Bonchev–Trinajstić information content (AvgIpc) is 2.63. The van der Waals surface area contributed by atoms with Gasteiger partial charge >= 0.3 is 18.2 Å². The minimum Gasteiger partial charge on any atom is -0.463 e. The molecular weight excluding hydrogens is 367 g/mol. The number of Topliss-reactive ketones (excluding diaryl/α,β-unsaturated/α-hetero) is 1. The molecule has 27 heavy (non-hydrogen) atoms. The minimum absolute atomic E-state index is 0.00624. The Labute approximate surface area is 152 Å². The molecule has 0 N–H and O–H groups in total. The zero-order chi connectivity index (χ0) is 20.4. The lowest BCUT2D eigenvalue weighted by molar-refractivity contribution is -0.149. The number of ether oxygens (including phenoxy) is 2. The third-order valence-electron chi connectivity index (χ3n) is 3.75. The number of benzene rings is 1. The van der Waals surface area contributed by atoms with E-state index in [9.17, 15) is 27.6 Å². The monoisotopic (exact) mass is 383 g/mol. The van der Waals surface area contributed by atoms with Crippen molar-refractivity contribution in [3.63, 3.8) is 0 Å². The number of esters is 1. The quantitative estimate of drug-likeness (QED) is 0.588. The van der Waals surface area contributed by atoms with Gasteiger partial charge in [0.25, 0.3) is 5.78 Å². The van der Waals surface area contributed by atoms with Gasteiger partial charge in [-0.2, -0.15) is 13.2 Å². The molecule has 1 heterocycles. The second-order valence-electron chi connectivity index (χ2n) is 5.36. The van der Waals surface area contributed by atoms with Gasteiger partial charge < -0.3 is 9.47 Å². The van der Waals surface area contributed by atoms with Crippen molar-refractivity contribution < 1.29 is 37.0 Å². The number of carbonyl (C=O) groups excluding carboxylic acids is 3. The second kappa shape index (κ2) is 7.65. The molecule has 0 radical (unpaired) electrons. The number of nitrogens with zero attached hydrogens (tertiary/aromatic N) is 1. The molecule has 0 fully saturated rings. The van der Waals surface area contributed by atoms with Crippen molar-refractivity contribution in [2.45, 2.75) is 20.0 Å². The van der Waals surface area contributed by atoms with Gasteiger partial charge in [-0.25, -0.2) is 14.5 Å². The van der Waals surface area contributed by atoms with Crippen LogP contribution >= 0.6 is 0 Å². The summed E-state index contributed by atoms with van der Waals surface area (Å²) in [5, 5.41) is 0. The van der Waals surface area contributed by atoms with Crippen molar-refractivity contribution in [2.75, 3.05) is 18.6 Å². The Morgan fingerprint density at radius 3 is 2.41 bits per heavy atom. The van der Waals surface area contributed by atoms with Gasteiger partial charge in [-0.05, 0) is 38.1 Å². The highest BCUT2D eigenvalue weighted by Crippen LogP contribution is 2.39. The van der Waals surface area contributed by atoms with Crippen LogP contribution in [0, 0.1) is 0 Å². The fourth-order valence-electron chi connectivity index (χ4n) is 2.58. The van der Waals surface area contributed by atoms with Crippen molar-refractivity contribution in [2.24, 2.45) is 0 Å². The van der Waals surface area contributed by atoms with Crippen LogP contribution in [0.25, 0.3) is 6.08 Å². The summed E-state index contributed by atoms with van der Waals surface area (Å²) in [5.41, 5.74) is -1.19. The minimum atomic E-state index is -4.62. The Kier molecular flexibility index (Phi) is 5.72. The Bertz CT molecular complexity index is 855. The van der Waals surface area contributed by atoms with Crippen molar-refractivity contribution in [1.29, 1.82) is 0 Å². The Morgan fingerprint density at radius 2 is 1.89 bits per heavy atom. The van der Waals surface area contributed by atoms with Gasteiger partial charge in [-0.3, -0.25) is 4.79 Å². The number of fused-ring (bicyclic) bond motifs is 1. The first-order chi connectivity index (χ1) is 12.6. The first-order valence-corrected chi connectivity index (χ1v) is 7.84. The average molecular weight is 383 g/mol. The van der Waals surface area contributed by atoms with E-state index in [1.165, 1.54) is 13.0 Å². The standard InChI is InChI=1S/C18H16F3NO5/c1-4-13-12(15(23)16(24)26-3)9-10-8-11(18(19,20)21)6-7-14(10)22(13)17(25)27-5-2/h4,6-9H,5H2,1-3H3. The zero-order valence-electron chi connectivity index (χ0n) is 14.7. The zero-order valence-corrected chi connectivity index (χ0v) is 14.7. The number of rotatable bonds is 3. The molecule has 2 rings (SSSR count). The third kappa shape index (κ3) is 3.86. The highest BCUT2D eigenvalue weighted by Gasteiger charge is 2.37. The van der Waals surface area contributed by atoms with Crippen LogP contribution in [0.4, 0.5) is 23.7 Å². The molecule has 1 amide bonds. The maximum Gasteiger partial charge on any atom is 0.418 e. The summed E-state index contributed by atoms with van der Waals surface area (Å²) < 4.78 is 48.5. The Hall–Kier alpha value is -3.10. The van der Waals surface area contributed by atoms with E-state index < -0.39 is 29.6 Å². The number of halogens is 3. The summed E-state index contributed by atoms with van der Waals surface area (Å²) in [6, 6.07) is 2.71.